The van der Waals surface area contributed by atoms with Gasteiger partial charge in [0.25, 0.3) is 0 Å². The standard InChI is InChI=1S/C19H28N4O/c24-10-17(19-6-12-3-13(7-19)5-14(4-12)8-19)23-18-15-1-2-20-9-16(15)21-11-22-18/h11-14,17,20,24H,1-10H2,(H,21,22,23). The summed E-state index contributed by atoms with van der Waals surface area (Å²) in [5.74, 6) is 3.66. The van der Waals surface area contributed by atoms with Crippen LogP contribution in [0.1, 0.15) is 49.8 Å². The Bertz CT molecular complexity index is 597. The summed E-state index contributed by atoms with van der Waals surface area (Å²) in [6, 6.07) is 0.139. The summed E-state index contributed by atoms with van der Waals surface area (Å²) in [5.41, 5.74) is 2.65. The predicted octanol–water partition coefficient (Wildman–Crippen LogP) is 2.11. The van der Waals surface area contributed by atoms with E-state index in [1.165, 1.54) is 44.1 Å². The Morgan fingerprint density at radius 3 is 2.54 bits per heavy atom. The lowest BCUT2D eigenvalue weighted by Crippen LogP contribution is -2.55. The molecule has 4 fully saturated rings. The van der Waals surface area contributed by atoms with Gasteiger partial charge < -0.3 is 15.7 Å². The van der Waals surface area contributed by atoms with Crippen LogP contribution >= 0.6 is 0 Å². The molecule has 1 aromatic rings. The van der Waals surface area contributed by atoms with E-state index in [-0.39, 0.29) is 18.1 Å². The van der Waals surface area contributed by atoms with Crippen LogP contribution in [0.4, 0.5) is 5.82 Å². The Hall–Kier alpha value is -1.20. The first-order valence-electron chi connectivity index (χ1n) is 9.66. The van der Waals surface area contributed by atoms with E-state index in [1.54, 1.807) is 6.33 Å². The third kappa shape index (κ3) is 2.36. The van der Waals surface area contributed by atoms with Crippen LogP contribution in [0.25, 0.3) is 0 Å². The molecule has 0 amide bonds. The van der Waals surface area contributed by atoms with Crippen molar-refractivity contribution in [2.75, 3.05) is 18.5 Å². The van der Waals surface area contributed by atoms with Crippen molar-refractivity contribution in [3.63, 3.8) is 0 Å². The van der Waals surface area contributed by atoms with Crippen LogP contribution in [0.5, 0.6) is 0 Å². The van der Waals surface area contributed by atoms with Gasteiger partial charge in [0.1, 0.15) is 12.1 Å². The average molecular weight is 328 g/mol. The molecule has 6 rings (SSSR count). The maximum absolute atomic E-state index is 10.2. The first-order chi connectivity index (χ1) is 11.8. The number of aliphatic hydroxyl groups is 1. The van der Waals surface area contributed by atoms with Crippen LogP contribution in [0.15, 0.2) is 6.33 Å². The third-order valence-corrected chi connectivity index (χ3v) is 7.20. The summed E-state index contributed by atoms with van der Waals surface area (Å²) < 4.78 is 0. The van der Waals surface area contributed by atoms with Crippen LogP contribution in [0.3, 0.4) is 0 Å². The fraction of sp³-hybridized carbons (Fsp3) is 0.789. The van der Waals surface area contributed by atoms with Gasteiger partial charge in [-0.1, -0.05) is 0 Å². The summed E-state index contributed by atoms with van der Waals surface area (Å²) in [7, 11) is 0. The Morgan fingerprint density at radius 1 is 1.17 bits per heavy atom. The van der Waals surface area contributed by atoms with E-state index in [0.717, 1.165) is 48.8 Å². The molecule has 5 aliphatic rings. The van der Waals surface area contributed by atoms with Crippen molar-refractivity contribution < 1.29 is 5.11 Å². The maximum Gasteiger partial charge on any atom is 0.133 e. The van der Waals surface area contributed by atoms with E-state index in [2.05, 4.69) is 20.6 Å². The summed E-state index contributed by atoms with van der Waals surface area (Å²) in [6.45, 7) is 2.02. The molecule has 2 heterocycles. The molecule has 4 bridgehead atoms. The molecule has 1 unspecified atom stereocenters. The largest absolute Gasteiger partial charge is 0.394 e. The van der Waals surface area contributed by atoms with Crippen molar-refractivity contribution in [2.45, 2.75) is 57.5 Å². The number of nitrogens with zero attached hydrogens (tertiary/aromatic N) is 2. The summed E-state index contributed by atoms with van der Waals surface area (Å²) in [6.07, 6.45) is 10.8. The van der Waals surface area contributed by atoms with Crippen LogP contribution in [-0.2, 0) is 13.0 Å². The Kier molecular flexibility index (Phi) is 3.56. The number of hydrogen-bond donors (Lipinski definition) is 3. The third-order valence-electron chi connectivity index (χ3n) is 7.20. The molecule has 130 valence electrons. The number of hydrogen-bond acceptors (Lipinski definition) is 5. The van der Waals surface area contributed by atoms with Gasteiger partial charge >= 0.3 is 0 Å². The minimum absolute atomic E-state index is 0.139. The predicted molar refractivity (Wildman–Crippen MR) is 92.5 cm³/mol. The Balaban J connectivity index is 1.43. The number of rotatable bonds is 4. The van der Waals surface area contributed by atoms with Crippen molar-refractivity contribution in [1.82, 2.24) is 15.3 Å². The van der Waals surface area contributed by atoms with Gasteiger partial charge in [0, 0.05) is 12.1 Å². The first kappa shape index (κ1) is 15.1. The van der Waals surface area contributed by atoms with Gasteiger partial charge in [-0.05, 0) is 74.7 Å². The van der Waals surface area contributed by atoms with Gasteiger partial charge in [0.05, 0.1) is 18.3 Å². The molecule has 1 aromatic heterocycles. The monoisotopic (exact) mass is 328 g/mol. The van der Waals surface area contributed by atoms with E-state index in [9.17, 15) is 5.11 Å². The molecule has 3 N–H and O–H groups in total. The molecule has 0 spiro atoms. The molecule has 5 nitrogen and oxygen atoms in total. The highest BCUT2D eigenvalue weighted by Gasteiger charge is 2.54. The second-order valence-corrected chi connectivity index (χ2v) is 8.73. The van der Waals surface area contributed by atoms with Crippen molar-refractivity contribution in [3.8, 4) is 0 Å². The lowest BCUT2D eigenvalue weighted by atomic mass is 9.47. The zero-order chi connectivity index (χ0) is 16.1. The highest BCUT2D eigenvalue weighted by molar-refractivity contribution is 5.48. The lowest BCUT2D eigenvalue weighted by Gasteiger charge is -2.59. The molecule has 1 aliphatic heterocycles. The van der Waals surface area contributed by atoms with Gasteiger partial charge in [-0.2, -0.15) is 0 Å². The lowest BCUT2D eigenvalue weighted by molar-refractivity contribution is -0.0705. The smallest absolute Gasteiger partial charge is 0.133 e. The van der Waals surface area contributed by atoms with E-state index in [0.29, 0.717) is 0 Å². The maximum atomic E-state index is 10.2. The number of aromatic nitrogens is 2. The van der Waals surface area contributed by atoms with Gasteiger partial charge in [0.2, 0.25) is 0 Å². The van der Waals surface area contributed by atoms with E-state index < -0.39 is 0 Å². The Labute approximate surface area is 143 Å². The average Bonchev–Trinajstić information content (AvgIpc) is 2.58. The molecule has 0 saturated heterocycles. The van der Waals surface area contributed by atoms with Crippen molar-refractivity contribution in [1.29, 1.82) is 0 Å². The van der Waals surface area contributed by atoms with Gasteiger partial charge in [-0.25, -0.2) is 9.97 Å². The number of anilines is 1. The molecule has 4 aliphatic carbocycles. The molecule has 4 saturated carbocycles. The SMILES string of the molecule is OCC(Nc1ncnc2c1CCNC2)C12CC3CC(CC(C3)C1)C2. The number of aliphatic hydroxyl groups excluding tert-OH is 1. The van der Waals surface area contributed by atoms with E-state index in [1.807, 2.05) is 0 Å². The van der Waals surface area contributed by atoms with Crippen LogP contribution < -0.4 is 10.6 Å². The zero-order valence-electron chi connectivity index (χ0n) is 14.3. The molecule has 5 heteroatoms. The quantitative estimate of drug-likeness (QED) is 0.790. The Morgan fingerprint density at radius 2 is 1.88 bits per heavy atom. The fourth-order valence-corrected chi connectivity index (χ4v) is 6.57. The fourth-order valence-electron chi connectivity index (χ4n) is 6.57. The van der Waals surface area contributed by atoms with Gasteiger partial charge in [-0.3, -0.25) is 0 Å². The van der Waals surface area contributed by atoms with Gasteiger partial charge in [0.15, 0.2) is 0 Å². The minimum Gasteiger partial charge on any atom is -0.394 e. The molecular weight excluding hydrogens is 300 g/mol. The normalized spacial score (nSPS) is 38.0. The number of nitrogens with one attached hydrogen (secondary N) is 2. The van der Waals surface area contributed by atoms with Crippen LogP contribution in [-0.4, -0.2) is 34.3 Å². The second kappa shape index (κ2) is 5.67. The first-order valence-corrected chi connectivity index (χ1v) is 9.66. The highest BCUT2D eigenvalue weighted by atomic mass is 16.3. The molecule has 1 atom stereocenters. The van der Waals surface area contributed by atoms with Crippen molar-refractivity contribution >= 4 is 5.82 Å². The van der Waals surface area contributed by atoms with E-state index in [4.69, 9.17) is 0 Å². The topological polar surface area (TPSA) is 70.1 Å². The number of fused-ring (bicyclic) bond motifs is 1. The van der Waals surface area contributed by atoms with Crippen LogP contribution in [0, 0.1) is 23.2 Å². The highest BCUT2D eigenvalue weighted by Crippen LogP contribution is 2.61. The summed E-state index contributed by atoms with van der Waals surface area (Å²) >= 11 is 0. The van der Waals surface area contributed by atoms with Gasteiger partial charge in [-0.15, -0.1) is 0 Å². The molecule has 24 heavy (non-hydrogen) atoms. The zero-order valence-corrected chi connectivity index (χ0v) is 14.3. The second-order valence-electron chi connectivity index (χ2n) is 8.73. The molecular formula is C19H28N4O. The van der Waals surface area contributed by atoms with E-state index >= 15 is 0 Å². The van der Waals surface area contributed by atoms with Crippen LogP contribution in [0.2, 0.25) is 0 Å². The molecule has 0 aromatic carbocycles. The minimum atomic E-state index is 0.139. The summed E-state index contributed by atoms with van der Waals surface area (Å²) in [5, 5.41) is 17.3. The van der Waals surface area contributed by atoms with Crippen molar-refractivity contribution in [2.24, 2.45) is 23.2 Å². The summed E-state index contributed by atoms with van der Waals surface area (Å²) in [4.78, 5) is 8.98. The van der Waals surface area contributed by atoms with Crippen molar-refractivity contribution in [3.05, 3.63) is 17.6 Å². The molecule has 0 radical (unpaired) electrons.